The molecule has 5 heteroatoms. The Balaban J connectivity index is 2.23. The van der Waals surface area contributed by atoms with E-state index in [1.807, 2.05) is 30.5 Å². The summed E-state index contributed by atoms with van der Waals surface area (Å²) in [5, 5.41) is 0. The van der Waals surface area contributed by atoms with E-state index in [9.17, 15) is 4.79 Å². The average Bonchev–Trinajstić information content (AvgIpc) is 2.39. The Labute approximate surface area is 106 Å². The van der Waals surface area contributed by atoms with Gasteiger partial charge >= 0.3 is 0 Å². The molecule has 2 rings (SSSR count). The van der Waals surface area contributed by atoms with Crippen molar-refractivity contribution in [3.05, 3.63) is 23.3 Å². The third-order valence-corrected chi connectivity index (χ3v) is 3.79. The van der Waals surface area contributed by atoms with E-state index in [2.05, 4.69) is 9.97 Å². The number of thioether (sulfide) groups is 1. The molecule has 0 aliphatic carbocycles. The third kappa shape index (κ3) is 2.77. The number of nitrogens with zero attached hydrogens (tertiary/aromatic N) is 3. The molecular weight excluding hydrogens is 234 g/mol. The van der Waals surface area contributed by atoms with Gasteiger partial charge in [0.2, 0.25) is 0 Å². The highest BCUT2D eigenvalue weighted by Gasteiger charge is 2.21. The number of aromatic nitrogens is 2. The van der Waals surface area contributed by atoms with Gasteiger partial charge in [-0.2, -0.15) is 11.8 Å². The summed E-state index contributed by atoms with van der Waals surface area (Å²) >= 11 is 1.90. The second kappa shape index (κ2) is 5.49. The minimum Gasteiger partial charge on any atom is -0.337 e. The first-order valence-electron chi connectivity index (χ1n) is 5.92. The van der Waals surface area contributed by atoms with E-state index in [4.69, 9.17) is 0 Å². The second-order valence-corrected chi connectivity index (χ2v) is 5.26. The van der Waals surface area contributed by atoms with Gasteiger partial charge in [-0.1, -0.05) is 6.92 Å². The molecule has 1 saturated heterocycles. The largest absolute Gasteiger partial charge is 0.337 e. The summed E-state index contributed by atoms with van der Waals surface area (Å²) in [4.78, 5) is 22.7. The fourth-order valence-electron chi connectivity index (χ4n) is 1.90. The van der Waals surface area contributed by atoms with Gasteiger partial charge in [0.1, 0.15) is 5.82 Å². The Kier molecular flexibility index (Phi) is 3.99. The lowest BCUT2D eigenvalue weighted by molar-refractivity contribution is 0.0770. The van der Waals surface area contributed by atoms with Crippen LogP contribution in [0.5, 0.6) is 0 Å². The molecule has 0 N–H and O–H groups in total. The van der Waals surface area contributed by atoms with Crippen molar-refractivity contribution in [1.82, 2.24) is 14.9 Å². The molecule has 0 radical (unpaired) electrons. The van der Waals surface area contributed by atoms with Gasteiger partial charge in [-0.15, -0.1) is 0 Å². The van der Waals surface area contributed by atoms with Crippen molar-refractivity contribution >= 4 is 17.7 Å². The lowest BCUT2D eigenvalue weighted by Crippen LogP contribution is -2.38. The van der Waals surface area contributed by atoms with Crippen LogP contribution < -0.4 is 0 Å². The second-order valence-electron chi connectivity index (χ2n) is 4.04. The molecular formula is C12H17N3OS. The Hall–Kier alpha value is -1.10. The number of hydrogen-bond donors (Lipinski definition) is 0. The van der Waals surface area contributed by atoms with Crippen molar-refractivity contribution in [2.24, 2.45) is 0 Å². The zero-order valence-corrected chi connectivity index (χ0v) is 11.1. The lowest BCUT2D eigenvalue weighted by Gasteiger charge is -2.26. The van der Waals surface area contributed by atoms with Gasteiger partial charge < -0.3 is 4.90 Å². The number of hydrogen-bond acceptors (Lipinski definition) is 4. The summed E-state index contributed by atoms with van der Waals surface area (Å²) in [5.41, 5.74) is 1.53. The monoisotopic (exact) mass is 251 g/mol. The van der Waals surface area contributed by atoms with Crippen LogP contribution in [-0.2, 0) is 6.42 Å². The Morgan fingerprint density at radius 2 is 2.18 bits per heavy atom. The van der Waals surface area contributed by atoms with Gasteiger partial charge in [-0.05, 0) is 13.3 Å². The normalized spacial score (nSPS) is 16.0. The SMILES string of the molecule is CCc1nc(C)ncc1C(=O)N1CCSCC1. The summed E-state index contributed by atoms with van der Waals surface area (Å²) in [5.74, 6) is 2.87. The third-order valence-electron chi connectivity index (χ3n) is 2.85. The highest BCUT2D eigenvalue weighted by molar-refractivity contribution is 7.99. The first-order valence-corrected chi connectivity index (χ1v) is 7.07. The van der Waals surface area contributed by atoms with Crippen LogP contribution in [0.2, 0.25) is 0 Å². The fourth-order valence-corrected chi connectivity index (χ4v) is 2.80. The van der Waals surface area contributed by atoms with E-state index in [-0.39, 0.29) is 5.91 Å². The number of carbonyl (C=O) groups excluding carboxylic acids is 1. The molecule has 1 aromatic heterocycles. The topological polar surface area (TPSA) is 46.1 Å². The molecule has 0 spiro atoms. The maximum absolute atomic E-state index is 12.3. The molecule has 0 aromatic carbocycles. The van der Waals surface area contributed by atoms with Crippen LogP contribution in [0, 0.1) is 6.92 Å². The predicted octanol–water partition coefficient (Wildman–Crippen LogP) is 1.54. The zero-order valence-electron chi connectivity index (χ0n) is 10.3. The van der Waals surface area contributed by atoms with Crippen LogP contribution in [0.4, 0.5) is 0 Å². The molecule has 4 nitrogen and oxygen atoms in total. The van der Waals surface area contributed by atoms with Crippen LogP contribution >= 0.6 is 11.8 Å². The van der Waals surface area contributed by atoms with E-state index in [0.29, 0.717) is 5.56 Å². The van der Waals surface area contributed by atoms with Crippen LogP contribution in [0.25, 0.3) is 0 Å². The number of rotatable bonds is 2. The summed E-state index contributed by atoms with van der Waals surface area (Å²) in [6.45, 7) is 5.54. The maximum atomic E-state index is 12.3. The highest BCUT2D eigenvalue weighted by atomic mass is 32.2. The summed E-state index contributed by atoms with van der Waals surface area (Å²) < 4.78 is 0. The molecule has 2 heterocycles. The van der Waals surface area contributed by atoms with E-state index in [1.165, 1.54) is 0 Å². The van der Waals surface area contributed by atoms with E-state index in [1.54, 1.807) is 6.20 Å². The van der Waals surface area contributed by atoms with Crippen LogP contribution in [0.15, 0.2) is 6.20 Å². The first-order chi connectivity index (χ1) is 8.22. The molecule has 1 amide bonds. The Bertz CT molecular complexity index is 416. The Morgan fingerprint density at radius 3 is 2.82 bits per heavy atom. The highest BCUT2D eigenvalue weighted by Crippen LogP contribution is 2.15. The van der Waals surface area contributed by atoms with Crippen molar-refractivity contribution in [1.29, 1.82) is 0 Å². The molecule has 0 bridgehead atoms. The average molecular weight is 251 g/mol. The van der Waals surface area contributed by atoms with Crippen LogP contribution in [0.3, 0.4) is 0 Å². The molecule has 92 valence electrons. The standard InChI is InChI=1S/C12H17N3OS/c1-3-11-10(8-13-9(2)14-11)12(16)15-4-6-17-7-5-15/h8H,3-7H2,1-2H3. The smallest absolute Gasteiger partial charge is 0.257 e. The molecule has 17 heavy (non-hydrogen) atoms. The van der Waals surface area contributed by atoms with E-state index < -0.39 is 0 Å². The van der Waals surface area contributed by atoms with Gasteiger partial charge in [0.25, 0.3) is 5.91 Å². The summed E-state index contributed by atoms with van der Waals surface area (Å²) in [7, 11) is 0. The quantitative estimate of drug-likeness (QED) is 0.800. The van der Waals surface area contributed by atoms with Crippen LogP contribution in [0.1, 0.15) is 28.8 Å². The summed E-state index contributed by atoms with van der Waals surface area (Å²) in [6, 6.07) is 0. The molecule has 1 fully saturated rings. The minimum atomic E-state index is 0.0853. The van der Waals surface area contributed by atoms with Crippen LogP contribution in [-0.4, -0.2) is 45.4 Å². The van der Waals surface area contributed by atoms with Crippen molar-refractivity contribution in [3.8, 4) is 0 Å². The molecule has 1 aromatic rings. The molecule has 0 unspecified atom stereocenters. The first kappa shape index (κ1) is 12.4. The molecule has 0 atom stereocenters. The number of amides is 1. The van der Waals surface area contributed by atoms with Gasteiger partial charge in [0.15, 0.2) is 0 Å². The number of carbonyl (C=O) groups is 1. The van der Waals surface area contributed by atoms with Crippen molar-refractivity contribution < 1.29 is 4.79 Å². The molecule has 1 aliphatic heterocycles. The molecule has 1 aliphatic rings. The van der Waals surface area contributed by atoms with Gasteiger partial charge in [-0.3, -0.25) is 4.79 Å². The van der Waals surface area contributed by atoms with Gasteiger partial charge in [0, 0.05) is 30.8 Å². The lowest BCUT2D eigenvalue weighted by atomic mass is 10.1. The minimum absolute atomic E-state index is 0.0853. The molecule has 0 saturated carbocycles. The zero-order chi connectivity index (χ0) is 12.3. The van der Waals surface area contributed by atoms with Gasteiger partial charge in [-0.25, -0.2) is 9.97 Å². The van der Waals surface area contributed by atoms with Crippen molar-refractivity contribution in [3.63, 3.8) is 0 Å². The Morgan fingerprint density at radius 1 is 1.47 bits per heavy atom. The van der Waals surface area contributed by atoms with Gasteiger partial charge in [0.05, 0.1) is 11.3 Å². The number of aryl methyl sites for hydroxylation is 2. The summed E-state index contributed by atoms with van der Waals surface area (Å²) in [6.07, 6.45) is 2.44. The predicted molar refractivity (Wildman–Crippen MR) is 69.4 cm³/mol. The maximum Gasteiger partial charge on any atom is 0.257 e. The van der Waals surface area contributed by atoms with Crippen molar-refractivity contribution in [2.75, 3.05) is 24.6 Å². The van der Waals surface area contributed by atoms with Crippen molar-refractivity contribution in [2.45, 2.75) is 20.3 Å². The van der Waals surface area contributed by atoms with E-state index >= 15 is 0 Å². The van der Waals surface area contributed by atoms with E-state index in [0.717, 1.165) is 42.5 Å². The fraction of sp³-hybridized carbons (Fsp3) is 0.583.